The number of anilines is 1. The van der Waals surface area contributed by atoms with Crippen LogP contribution in [0.1, 0.15) is 11.3 Å². The number of amides is 4. The van der Waals surface area contributed by atoms with Crippen LogP contribution in [0.4, 0.5) is 14.9 Å². The lowest BCUT2D eigenvalue weighted by Crippen LogP contribution is -2.63. The molecule has 150 valence electrons. The molecule has 2 aromatic rings. The summed E-state index contributed by atoms with van der Waals surface area (Å²) in [4.78, 5) is 40.9. The molecule has 0 spiro atoms. The summed E-state index contributed by atoms with van der Waals surface area (Å²) < 4.78 is 18.8. The van der Waals surface area contributed by atoms with Gasteiger partial charge in [-0.15, -0.1) is 11.8 Å². The van der Waals surface area contributed by atoms with Gasteiger partial charge in [0.2, 0.25) is 5.91 Å². The summed E-state index contributed by atoms with van der Waals surface area (Å²) in [6, 6.07) is 6.39. The maximum absolute atomic E-state index is 13.7. The Morgan fingerprint density at radius 2 is 2.14 bits per heavy atom. The van der Waals surface area contributed by atoms with E-state index in [4.69, 9.17) is 4.42 Å². The molecule has 2 aliphatic heterocycles. The molecule has 0 bridgehead atoms. The first-order chi connectivity index (χ1) is 14.0. The lowest BCUT2D eigenvalue weighted by Gasteiger charge is -2.40. The van der Waals surface area contributed by atoms with Crippen LogP contribution < -0.4 is 10.2 Å². The van der Waals surface area contributed by atoms with E-state index in [0.717, 1.165) is 4.90 Å². The zero-order valence-electron chi connectivity index (χ0n) is 15.5. The van der Waals surface area contributed by atoms with Crippen molar-refractivity contribution in [2.24, 2.45) is 0 Å². The van der Waals surface area contributed by atoms with Gasteiger partial charge in [-0.1, -0.05) is 6.08 Å². The third-order valence-corrected chi connectivity index (χ3v) is 5.91. The number of aryl methyl sites for hydroxylation is 1. The number of nitrogens with one attached hydrogen (secondary N) is 1. The van der Waals surface area contributed by atoms with E-state index in [-0.39, 0.29) is 30.6 Å². The first-order valence-electron chi connectivity index (χ1n) is 8.97. The normalized spacial score (nSPS) is 20.9. The van der Waals surface area contributed by atoms with E-state index in [2.05, 4.69) is 5.32 Å². The molecule has 1 aromatic carbocycles. The van der Waals surface area contributed by atoms with Crippen LogP contribution in [0.3, 0.4) is 0 Å². The average molecular weight is 415 g/mol. The number of carbonyl (C=O) groups excluding carboxylic acids is 3. The second-order valence-electron chi connectivity index (χ2n) is 6.75. The van der Waals surface area contributed by atoms with E-state index in [0.29, 0.717) is 11.3 Å². The van der Waals surface area contributed by atoms with Gasteiger partial charge in [-0.3, -0.25) is 9.59 Å². The van der Waals surface area contributed by atoms with Crippen molar-refractivity contribution < 1.29 is 23.2 Å². The number of rotatable bonds is 5. The number of halogens is 1. The van der Waals surface area contributed by atoms with Crippen molar-refractivity contribution in [1.29, 1.82) is 0 Å². The highest BCUT2D eigenvalue weighted by atomic mass is 32.2. The molecule has 0 saturated carbocycles. The van der Waals surface area contributed by atoms with Gasteiger partial charge in [0, 0.05) is 0 Å². The van der Waals surface area contributed by atoms with Crippen molar-refractivity contribution in [2.45, 2.75) is 24.8 Å². The maximum Gasteiger partial charge on any atom is 0.332 e. The number of hydrogen-bond acceptors (Lipinski definition) is 5. The van der Waals surface area contributed by atoms with Crippen LogP contribution >= 0.6 is 11.8 Å². The Balaban J connectivity index is 1.56. The van der Waals surface area contributed by atoms with Gasteiger partial charge in [-0.25, -0.2) is 14.1 Å². The molecule has 0 aliphatic carbocycles. The molecule has 4 amide bonds. The van der Waals surface area contributed by atoms with E-state index in [9.17, 15) is 18.8 Å². The monoisotopic (exact) mass is 415 g/mol. The SMILES string of the molecule is Cc1cc(N2C(=O)C3SC=CC3N(CC(=O)NCc3ccco3)C2=O)ccc1F. The van der Waals surface area contributed by atoms with Crippen LogP contribution in [0.2, 0.25) is 0 Å². The predicted octanol–water partition coefficient (Wildman–Crippen LogP) is 2.81. The quantitative estimate of drug-likeness (QED) is 0.812. The van der Waals surface area contributed by atoms with Crippen molar-refractivity contribution in [3.63, 3.8) is 0 Å². The minimum absolute atomic E-state index is 0.201. The molecule has 29 heavy (non-hydrogen) atoms. The van der Waals surface area contributed by atoms with Crippen LogP contribution in [-0.2, 0) is 16.1 Å². The molecule has 1 saturated heterocycles. The Morgan fingerprint density at radius 3 is 2.86 bits per heavy atom. The number of furan rings is 1. The highest BCUT2D eigenvalue weighted by molar-refractivity contribution is 8.03. The third kappa shape index (κ3) is 3.65. The highest BCUT2D eigenvalue weighted by Crippen LogP contribution is 2.36. The van der Waals surface area contributed by atoms with Crippen LogP contribution in [0.15, 0.2) is 52.5 Å². The molecule has 2 unspecified atom stereocenters. The molecule has 1 aromatic heterocycles. The topological polar surface area (TPSA) is 82.9 Å². The Labute approximate surface area is 170 Å². The van der Waals surface area contributed by atoms with Crippen molar-refractivity contribution >= 4 is 35.3 Å². The molecule has 2 aliphatic rings. The Morgan fingerprint density at radius 1 is 1.31 bits per heavy atom. The number of carbonyl (C=O) groups is 3. The van der Waals surface area contributed by atoms with Gasteiger partial charge in [0.15, 0.2) is 0 Å². The molecule has 4 rings (SSSR count). The van der Waals surface area contributed by atoms with Gasteiger partial charge in [0.05, 0.1) is 24.5 Å². The maximum atomic E-state index is 13.7. The number of imide groups is 1. The van der Waals surface area contributed by atoms with E-state index in [1.807, 2.05) is 0 Å². The highest BCUT2D eigenvalue weighted by Gasteiger charge is 2.48. The van der Waals surface area contributed by atoms with Crippen LogP contribution in [-0.4, -0.2) is 40.6 Å². The number of hydrogen-bond donors (Lipinski definition) is 1. The van der Waals surface area contributed by atoms with Crippen LogP contribution in [0.25, 0.3) is 0 Å². The zero-order valence-corrected chi connectivity index (χ0v) is 16.3. The summed E-state index contributed by atoms with van der Waals surface area (Å²) in [7, 11) is 0. The second kappa shape index (κ2) is 7.75. The first kappa shape index (κ1) is 19.3. The van der Waals surface area contributed by atoms with Crippen molar-refractivity contribution in [3.8, 4) is 0 Å². The Bertz CT molecular complexity index is 992. The van der Waals surface area contributed by atoms with Crippen LogP contribution in [0.5, 0.6) is 0 Å². The summed E-state index contributed by atoms with van der Waals surface area (Å²) in [5.74, 6) is -0.581. The predicted molar refractivity (Wildman–Crippen MR) is 106 cm³/mol. The average Bonchev–Trinajstić information content (AvgIpc) is 3.38. The summed E-state index contributed by atoms with van der Waals surface area (Å²) >= 11 is 1.30. The fraction of sp³-hybridized carbons (Fsp3) is 0.250. The summed E-state index contributed by atoms with van der Waals surface area (Å²) in [5.41, 5.74) is 0.607. The van der Waals surface area contributed by atoms with Gasteiger partial charge in [-0.2, -0.15) is 0 Å². The molecule has 1 N–H and O–H groups in total. The fourth-order valence-corrected chi connectivity index (χ4v) is 4.37. The smallest absolute Gasteiger partial charge is 0.332 e. The lowest BCUT2D eigenvalue weighted by atomic mass is 10.1. The number of urea groups is 1. The minimum Gasteiger partial charge on any atom is -0.467 e. The van der Waals surface area contributed by atoms with E-state index >= 15 is 0 Å². The van der Waals surface area contributed by atoms with E-state index in [1.54, 1.807) is 30.5 Å². The molecular weight excluding hydrogens is 397 g/mol. The summed E-state index contributed by atoms with van der Waals surface area (Å²) in [6.45, 7) is 1.55. The van der Waals surface area contributed by atoms with Gasteiger partial charge in [-0.05, 0) is 48.2 Å². The lowest BCUT2D eigenvalue weighted by molar-refractivity contribution is -0.124. The fourth-order valence-electron chi connectivity index (χ4n) is 3.33. The number of nitrogens with zero attached hydrogens (tertiary/aromatic N) is 2. The number of thioether (sulfide) groups is 1. The largest absolute Gasteiger partial charge is 0.467 e. The van der Waals surface area contributed by atoms with Crippen molar-refractivity contribution in [3.05, 3.63) is 65.2 Å². The van der Waals surface area contributed by atoms with Gasteiger partial charge >= 0.3 is 6.03 Å². The second-order valence-corrected chi connectivity index (χ2v) is 7.80. The molecule has 9 heteroatoms. The molecular formula is C20H18FN3O4S. The number of benzene rings is 1. The van der Waals surface area contributed by atoms with E-state index in [1.165, 1.54) is 41.1 Å². The van der Waals surface area contributed by atoms with Gasteiger partial charge in [0.1, 0.15) is 23.4 Å². The van der Waals surface area contributed by atoms with Crippen molar-refractivity contribution in [1.82, 2.24) is 10.2 Å². The third-order valence-electron chi connectivity index (χ3n) is 4.83. The first-order valence-corrected chi connectivity index (χ1v) is 9.92. The minimum atomic E-state index is -0.609. The molecule has 1 fully saturated rings. The Kier molecular flexibility index (Phi) is 5.14. The molecule has 3 heterocycles. The van der Waals surface area contributed by atoms with Gasteiger partial charge < -0.3 is 14.6 Å². The molecule has 0 radical (unpaired) electrons. The summed E-state index contributed by atoms with van der Waals surface area (Å²) in [6.07, 6.45) is 3.26. The Hall–Kier alpha value is -3.07. The molecule has 2 atom stereocenters. The standard InChI is InChI=1S/C20H18FN3O4S/c1-12-9-13(4-5-15(12)21)24-19(26)18-16(6-8-29-18)23(20(24)27)11-17(25)22-10-14-3-2-7-28-14/h2-9,16,18H,10-11H2,1H3,(H,22,25). The zero-order chi connectivity index (χ0) is 20.5. The summed E-state index contributed by atoms with van der Waals surface area (Å²) in [5, 5.41) is 3.92. The van der Waals surface area contributed by atoms with Crippen molar-refractivity contribution in [2.75, 3.05) is 11.4 Å². The number of fused-ring (bicyclic) bond motifs is 1. The van der Waals surface area contributed by atoms with Crippen LogP contribution in [0, 0.1) is 12.7 Å². The molecule has 7 nitrogen and oxygen atoms in total. The van der Waals surface area contributed by atoms with E-state index < -0.39 is 23.1 Å². The van der Waals surface area contributed by atoms with Gasteiger partial charge in [0.25, 0.3) is 5.91 Å².